The van der Waals surface area contributed by atoms with Crippen LogP contribution in [0.3, 0.4) is 0 Å². The van der Waals surface area contributed by atoms with Crippen LogP contribution in [0.2, 0.25) is 0 Å². The molecule has 0 aromatic rings. The van der Waals surface area contributed by atoms with Crippen LogP contribution < -0.4 is 5.32 Å². The zero-order valence-corrected chi connectivity index (χ0v) is 15.9. The van der Waals surface area contributed by atoms with E-state index in [-0.39, 0.29) is 22.7 Å². The number of thioether (sulfide) groups is 1. The predicted octanol–water partition coefficient (Wildman–Crippen LogP) is 1.53. The van der Waals surface area contributed by atoms with Gasteiger partial charge in [-0.1, -0.05) is 19.3 Å². The molecule has 1 saturated carbocycles. The zero-order valence-electron chi connectivity index (χ0n) is 14.3. The fourth-order valence-corrected chi connectivity index (χ4v) is 7.12. The molecule has 0 radical (unpaired) electrons. The maximum atomic E-state index is 12.1. The minimum absolute atomic E-state index is 0.0296. The molecule has 2 rings (SSSR count). The summed E-state index contributed by atoms with van der Waals surface area (Å²) in [6.45, 7) is 0.694. The van der Waals surface area contributed by atoms with Crippen LogP contribution in [0.15, 0.2) is 0 Å². The third-order valence-corrected chi connectivity index (χ3v) is 8.29. The van der Waals surface area contributed by atoms with Crippen molar-refractivity contribution < 1.29 is 13.2 Å². The van der Waals surface area contributed by atoms with Gasteiger partial charge in [-0.25, -0.2) is 8.42 Å². The van der Waals surface area contributed by atoms with Gasteiger partial charge in [0.2, 0.25) is 5.91 Å². The van der Waals surface area contributed by atoms with E-state index in [9.17, 15) is 13.2 Å². The first-order valence-corrected chi connectivity index (χ1v) is 11.5. The van der Waals surface area contributed by atoms with Crippen molar-refractivity contribution in [3.05, 3.63) is 0 Å². The summed E-state index contributed by atoms with van der Waals surface area (Å²) in [6.07, 6.45) is 7.14. The lowest BCUT2D eigenvalue weighted by atomic mass is 9.83. The second-order valence-corrected chi connectivity index (χ2v) is 10.6. The number of rotatable bonds is 7. The highest BCUT2D eigenvalue weighted by atomic mass is 32.2. The number of hydrogen-bond acceptors (Lipinski definition) is 5. The lowest BCUT2D eigenvalue weighted by molar-refractivity contribution is -0.118. The van der Waals surface area contributed by atoms with Crippen molar-refractivity contribution in [2.75, 3.05) is 37.9 Å². The third-order valence-electron chi connectivity index (χ3n) is 5.01. The molecule has 2 atom stereocenters. The number of carbonyl (C=O) groups excluding carboxylic acids is 1. The topological polar surface area (TPSA) is 66.5 Å². The van der Waals surface area contributed by atoms with Gasteiger partial charge in [0.1, 0.15) is 0 Å². The molecule has 1 saturated heterocycles. The summed E-state index contributed by atoms with van der Waals surface area (Å²) in [5.74, 6) is 1.57. The van der Waals surface area contributed by atoms with Gasteiger partial charge in [-0.2, -0.15) is 0 Å². The predicted molar refractivity (Wildman–Crippen MR) is 96.6 cm³/mol. The van der Waals surface area contributed by atoms with Crippen LogP contribution in [0.5, 0.6) is 0 Å². The van der Waals surface area contributed by atoms with Crippen molar-refractivity contribution in [1.82, 2.24) is 10.2 Å². The van der Waals surface area contributed by atoms with E-state index in [0.29, 0.717) is 30.7 Å². The summed E-state index contributed by atoms with van der Waals surface area (Å²) >= 11 is 1.49. The summed E-state index contributed by atoms with van der Waals surface area (Å²) in [5, 5.41) is 3.15. The fraction of sp³-hybridized carbons (Fsp3) is 0.938. The lowest BCUT2D eigenvalue weighted by Crippen LogP contribution is -2.45. The standard InChI is InChI=1S/C16H30N2O3S2/c1-18(2)15(13-6-4-3-5-7-13)10-17-16(19)11-22-14-8-9-23(20,21)12-14/h13-15H,3-12H2,1-2H3,(H,17,19). The number of likely N-dealkylation sites (N-methyl/N-ethyl adjacent to an activating group) is 1. The number of hydrogen-bond donors (Lipinski definition) is 1. The fourth-order valence-electron chi connectivity index (χ4n) is 3.65. The Morgan fingerprint density at radius 2 is 1.91 bits per heavy atom. The van der Waals surface area contributed by atoms with Gasteiger partial charge in [0, 0.05) is 17.8 Å². The molecule has 1 N–H and O–H groups in total. The number of sulfone groups is 1. The summed E-state index contributed by atoms with van der Waals surface area (Å²) in [5.41, 5.74) is 0. The Morgan fingerprint density at radius 3 is 2.48 bits per heavy atom. The first kappa shape index (κ1) is 19.1. The Balaban J connectivity index is 1.71. The molecule has 0 spiro atoms. The highest BCUT2D eigenvalue weighted by Crippen LogP contribution is 2.28. The Bertz CT molecular complexity index is 488. The minimum Gasteiger partial charge on any atom is -0.354 e. The largest absolute Gasteiger partial charge is 0.354 e. The first-order chi connectivity index (χ1) is 10.9. The molecule has 5 nitrogen and oxygen atoms in total. The van der Waals surface area contributed by atoms with Gasteiger partial charge in [-0.15, -0.1) is 11.8 Å². The average Bonchev–Trinajstić information content (AvgIpc) is 2.85. The lowest BCUT2D eigenvalue weighted by Gasteiger charge is -2.35. The molecule has 23 heavy (non-hydrogen) atoms. The normalized spacial score (nSPS) is 26.3. The van der Waals surface area contributed by atoms with E-state index >= 15 is 0 Å². The maximum absolute atomic E-state index is 12.1. The van der Waals surface area contributed by atoms with Crippen LogP contribution >= 0.6 is 11.8 Å². The molecule has 1 aliphatic heterocycles. The van der Waals surface area contributed by atoms with Gasteiger partial charge in [0.15, 0.2) is 9.84 Å². The molecule has 0 aromatic carbocycles. The minimum atomic E-state index is -2.85. The van der Waals surface area contributed by atoms with E-state index in [1.54, 1.807) is 0 Å². The Hall–Kier alpha value is -0.270. The second-order valence-electron chi connectivity index (χ2n) is 7.07. The monoisotopic (exact) mass is 362 g/mol. The SMILES string of the molecule is CN(C)C(CNC(=O)CSC1CCS(=O)(=O)C1)C1CCCCC1. The van der Waals surface area contributed by atoms with Gasteiger partial charge < -0.3 is 10.2 Å². The van der Waals surface area contributed by atoms with Crippen molar-refractivity contribution >= 4 is 27.5 Å². The van der Waals surface area contributed by atoms with Crippen LogP contribution in [0.1, 0.15) is 38.5 Å². The van der Waals surface area contributed by atoms with E-state index in [2.05, 4.69) is 24.3 Å². The maximum Gasteiger partial charge on any atom is 0.230 e. The molecule has 134 valence electrons. The van der Waals surface area contributed by atoms with Gasteiger partial charge in [0.05, 0.1) is 17.3 Å². The van der Waals surface area contributed by atoms with Crippen LogP contribution in [0.25, 0.3) is 0 Å². The van der Waals surface area contributed by atoms with Crippen LogP contribution in [0.4, 0.5) is 0 Å². The number of carbonyl (C=O) groups is 1. The molecule has 2 unspecified atom stereocenters. The quantitative estimate of drug-likeness (QED) is 0.744. The molecule has 7 heteroatoms. The molecule has 1 amide bonds. The zero-order chi connectivity index (χ0) is 16.9. The summed E-state index contributed by atoms with van der Waals surface area (Å²) in [7, 11) is 1.32. The molecule has 2 fully saturated rings. The molecule has 1 heterocycles. The Morgan fingerprint density at radius 1 is 1.22 bits per heavy atom. The van der Waals surface area contributed by atoms with Gasteiger partial charge in [0.25, 0.3) is 0 Å². The van der Waals surface area contributed by atoms with Crippen molar-refractivity contribution in [1.29, 1.82) is 0 Å². The highest BCUT2D eigenvalue weighted by Gasteiger charge is 2.29. The van der Waals surface area contributed by atoms with Crippen LogP contribution in [-0.4, -0.2) is 68.4 Å². The van der Waals surface area contributed by atoms with Crippen LogP contribution in [0, 0.1) is 5.92 Å². The van der Waals surface area contributed by atoms with Crippen molar-refractivity contribution in [3.63, 3.8) is 0 Å². The van der Waals surface area contributed by atoms with E-state index in [0.717, 1.165) is 0 Å². The van der Waals surface area contributed by atoms with E-state index in [4.69, 9.17) is 0 Å². The molecule has 1 aliphatic carbocycles. The summed E-state index contributed by atoms with van der Waals surface area (Å²) < 4.78 is 22.9. The van der Waals surface area contributed by atoms with Crippen molar-refractivity contribution in [3.8, 4) is 0 Å². The number of nitrogens with one attached hydrogen (secondary N) is 1. The highest BCUT2D eigenvalue weighted by molar-refractivity contribution is 8.02. The van der Waals surface area contributed by atoms with Crippen molar-refractivity contribution in [2.45, 2.75) is 49.8 Å². The smallest absolute Gasteiger partial charge is 0.230 e. The number of nitrogens with zero attached hydrogens (tertiary/aromatic N) is 1. The number of amides is 1. The molecule has 0 bridgehead atoms. The Labute approximate surface area is 144 Å². The van der Waals surface area contributed by atoms with Crippen LogP contribution in [-0.2, 0) is 14.6 Å². The second kappa shape index (κ2) is 8.72. The Kier molecular flexibility index (Phi) is 7.22. The van der Waals surface area contributed by atoms with E-state index < -0.39 is 9.84 Å². The van der Waals surface area contributed by atoms with Crippen molar-refractivity contribution in [2.24, 2.45) is 5.92 Å². The van der Waals surface area contributed by atoms with E-state index in [1.165, 1.54) is 43.9 Å². The molecule has 0 aromatic heterocycles. The van der Waals surface area contributed by atoms with Gasteiger partial charge in [-0.05, 0) is 39.3 Å². The molecular formula is C16H30N2O3S2. The van der Waals surface area contributed by atoms with Gasteiger partial charge >= 0.3 is 0 Å². The average molecular weight is 363 g/mol. The third kappa shape index (κ3) is 6.27. The molecule has 2 aliphatic rings. The summed E-state index contributed by atoms with van der Waals surface area (Å²) in [4.78, 5) is 14.3. The van der Waals surface area contributed by atoms with E-state index in [1.807, 2.05) is 0 Å². The first-order valence-electron chi connectivity index (χ1n) is 8.62. The van der Waals surface area contributed by atoms with Gasteiger partial charge in [-0.3, -0.25) is 4.79 Å². The molecular weight excluding hydrogens is 332 g/mol. The summed E-state index contributed by atoms with van der Waals surface area (Å²) in [6, 6.07) is 0.399.